The molecule has 7 nitrogen and oxygen atoms in total. The molecule has 3 rings (SSSR count). The minimum Gasteiger partial charge on any atom is -0.501 e. The molecule has 0 saturated carbocycles. The smallest absolute Gasteiger partial charge is 0.141 e. The van der Waals surface area contributed by atoms with Crippen LogP contribution < -0.4 is 5.73 Å². The molecule has 0 aliphatic rings. The van der Waals surface area contributed by atoms with Crippen LogP contribution in [0.15, 0.2) is 30.4 Å². The zero-order valence-electron chi connectivity index (χ0n) is 14.2. The number of ether oxygens (including phenoxy) is 1. The first kappa shape index (κ1) is 15.8. The zero-order chi connectivity index (χ0) is 17.3. The largest absolute Gasteiger partial charge is 0.501 e. The molecule has 124 valence electrons. The summed E-state index contributed by atoms with van der Waals surface area (Å²) in [7, 11) is 3.51. The number of methoxy groups -OCH3 is 1. The van der Waals surface area contributed by atoms with Crippen LogP contribution in [-0.2, 0) is 11.8 Å². The molecule has 0 aliphatic heterocycles. The van der Waals surface area contributed by atoms with Crippen LogP contribution in [0.3, 0.4) is 0 Å². The average molecular weight is 324 g/mol. The summed E-state index contributed by atoms with van der Waals surface area (Å²) in [4.78, 5) is 12.2. The van der Waals surface area contributed by atoms with Crippen LogP contribution in [0.2, 0.25) is 0 Å². The number of nitrogens with zero attached hydrogens (tertiary/aromatic N) is 4. The average Bonchev–Trinajstić information content (AvgIpc) is 3.14. The molecular weight excluding hydrogens is 304 g/mol. The number of hydrogen-bond donors (Lipinski definition) is 2. The van der Waals surface area contributed by atoms with Crippen molar-refractivity contribution in [3.8, 4) is 22.5 Å². The van der Waals surface area contributed by atoms with E-state index in [1.807, 2.05) is 39.2 Å². The quantitative estimate of drug-likeness (QED) is 0.720. The summed E-state index contributed by atoms with van der Waals surface area (Å²) in [5.74, 6) is 1.89. The summed E-state index contributed by atoms with van der Waals surface area (Å²) in [5.41, 5.74) is 10.5. The minimum atomic E-state index is 0.426. The Balaban J connectivity index is 2.05. The summed E-state index contributed by atoms with van der Waals surface area (Å²) in [6, 6.07) is 1.97. The first-order valence-electron chi connectivity index (χ1n) is 7.51. The van der Waals surface area contributed by atoms with Crippen molar-refractivity contribution in [2.45, 2.75) is 13.8 Å². The number of aromatic amines is 1. The van der Waals surface area contributed by atoms with Gasteiger partial charge in [-0.2, -0.15) is 5.10 Å². The summed E-state index contributed by atoms with van der Waals surface area (Å²) in [6.07, 6.45) is 7.34. The molecule has 0 fully saturated rings. The van der Waals surface area contributed by atoms with Crippen LogP contribution in [0.1, 0.15) is 18.3 Å². The van der Waals surface area contributed by atoms with E-state index in [4.69, 9.17) is 10.5 Å². The van der Waals surface area contributed by atoms with Crippen LogP contribution in [0.5, 0.6) is 0 Å². The zero-order valence-corrected chi connectivity index (χ0v) is 14.2. The van der Waals surface area contributed by atoms with E-state index in [0.717, 1.165) is 33.8 Å². The third-order valence-electron chi connectivity index (χ3n) is 3.80. The van der Waals surface area contributed by atoms with Gasteiger partial charge in [0.05, 0.1) is 30.3 Å². The lowest BCUT2D eigenvalue weighted by molar-refractivity contribution is 0.297. The summed E-state index contributed by atoms with van der Waals surface area (Å²) in [6.45, 7) is 3.84. The molecule has 0 bridgehead atoms. The summed E-state index contributed by atoms with van der Waals surface area (Å²) >= 11 is 0. The monoisotopic (exact) mass is 324 g/mol. The predicted octanol–water partition coefficient (Wildman–Crippen LogP) is 2.77. The summed E-state index contributed by atoms with van der Waals surface area (Å²) < 4.78 is 6.94. The van der Waals surface area contributed by atoms with Crippen LogP contribution in [0, 0.1) is 6.92 Å². The number of anilines is 1. The van der Waals surface area contributed by atoms with Crippen molar-refractivity contribution in [2.75, 3.05) is 12.8 Å². The molecule has 7 heteroatoms. The molecule has 24 heavy (non-hydrogen) atoms. The van der Waals surface area contributed by atoms with E-state index in [-0.39, 0.29) is 0 Å². The fraction of sp³-hybridized carbons (Fsp3) is 0.235. The van der Waals surface area contributed by atoms with E-state index in [1.165, 1.54) is 0 Å². The minimum absolute atomic E-state index is 0.426. The number of nitrogens with two attached hydrogens (primary N) is 1. The van der Waals surface area contributed by atoms with Gasteiger partial charge >= 0.3 is 0 Å². The Kier molecular flexibility index (Phi) is 4.07. The Morgan fingerprint density at radius 1 is 1.33 bits per heavy atom. The van der Waals surface area contributed by atoms with Crippen LogP contribution in [0.25, 0.3) is 28.6 Å². The fourth-order valence-corrected chi connectivity index (χ4v) is 2.39. The molecule has 0 radical (unpaired) electrons. The second kappa shape index (κ2) is 6.19. The first-order valence-corrected chi connectivity index (χ1v) is 7.51. The Morgan fingerprint density at radius 2 is 2.12 bits per heavy atom. The van der Waals surface area contributed by atoms with Crippen molar-refractivity contribution >= 4 is 11.9 Å². The molecule has 0 atom stereocenters. The Labute approximate surface area is 140 Å². The molecule has 0 spiro atoms. The molecule has 0 amide bonds. The highest BCUT2D eigenvalue weighted by molar-refractivity contribution is 5.76. The van der Waals surface area contributed by atoms with Gasteiger partial charge in [-0.3, -0.25) is 4.68 Å². The number of imidazole rings is 1. The Hall–Kier alpha value is -3.09. The summed E-state index contributed by atoms with van der Waals surface area (Å²) in [5, 5.41) is 4.19. The van der Waals surface area contributed by atoms with Gasteiger partial charge in [-0.25, -0.2) is 9.97 Å². The Bertz CT molecular complexity index is 906. The number of aromatic nitrogens is 5. The van der Waals surface area contributed by atoms with Crippen molar-refractivity contribution in [3.63, 3.8) is 0 Å². The van der Waals surface area contributed by atoms with Gasteiger partial charge in [0.15, 0.2) is 0 Å². The van der Waals surface area contributed by atoms with Gasteiger partial charge < -0.3 is 15.5 Å². The molecular formula is C17H20N6O. The van der Waals surface area contributed by atoms with Gasteiger partial charge in [0.1, 0.15) is 11.6 Å². The van der Waals surface area contributed by atoms with E-state index in [9.17, 15) is 0 Å². The maximum Gasteiger partial charge on any atom is 0.141 e. The highest BCUT2D eigenvalue weighted by Crippen LogP contribution is 2.28. The number of pyridine rings is 1. The van der Waals surface area contributed by atoms with Gasteiger partial charge in [-0.15, -0.1) is 0 Å². The van der Waals surface area contributed by atoms with E-state index in [1.54, 1.807) is 24.2 Å². The van der Waals surface area contributed by atoms with E-state index < -0.39 is 0 Å². The van der Waals surface area contributed by atoms with Crippen molar-refractivity contribution < 1.29 is 4.74 Å². The maximum atomic E-state index is 6.06. The third kappa shape index (κ3) is 3.01. The number of nitrogen functional groups attached to an aromatic ring is 1. The van der Waals surface area contributed by atoms with E-state index in [0.29, 0.717) is 11.6 Å². The van der Waals surface area contributed by atoms with Crippen molar-refractivity contribution in [2.24, 2.45) is 7.05 Å². The first-order chi connectivity index (χ1) is 11.5. The molecule has 0 aromatic carbocycles. The molecule has 3 heterocycles. The number of hydrogen-bond acceptors (Lipinski definition) is 5. The van der Waals surface area contributed by atoms with Crippen molar-refractivity contribution in [3.05, 3.63) is 41.8 Å². The molecule has 0 saturated heterocycles. The predicted molar refractivity (Wildman–Crippen MR) is 93.8 cm³/mol. The van der Waals surface area contributed by atoms with Gasteiger partial charge in [0, 0.05) is 42.3 Å². The number of nitrogens with one attached hydrogen (secondary N) is 1. The highest BCUT2D eigenvalue weighted by Gasteiger charge is 2.13. The topological polar surface area (TPSA) is 94.6 Å². The standard InChI is InChI=1S/C17H20N6O/c1-10(24-4)5-15-11(2)21-17(22-15)14-6-12(7-19-16(14)18)13-8-20-23(3)9-13/h5-9H,1-4H3,(H2,18,19)(H,21,22). The van der Waals surface area contributed by atoms with Gasteiger partial charge in [-0.05, 0) is 19.9 Å². The Morgan fingerprint density at radius 3 is 2.79 bits per heavy atom. The molecule has 0 unspecified atom stereocenters. The van der Waals surface area contributed by atoms with Crippen molar-refractivity contribution in [1.29, 1.82) is 0 Å². The maximum absolute atomic E-state index is 6.06. The van der Waals surface area contributed by atoms with Crippen LogP contribution >= 0.6 is 0 Å². The van der Waals surface area contributed by atoms with Gasteiger partial charge in [-0.1, -0.05) is 0 Å². The lowest BCUT2D eigenvalue weighted by Gasteiger charge is -2.04. The molecule has 0 aliphatic carbocycles. The van der Waals surface area contributed by atoms with Gasteiger partial charge in [0.25, 0.3) is 0 Å². The SMILES string of the molecule is COC(C)=Cc1nc(-c2cc(-c3cnn(C)c3)cnc2N)[nH]c1C. The van der Waals surface area contributed by atoms with Gasteiger partial charge in [0.2, 0.25) is 0 Å². The number of allylic oxidation sites excluding steroid dienone is 1. The second-order valence-electron chi connectivity index (χ2n) is 5.61. The molecule has 3 aromatic heterocycles. The lowest BCUT2D eigenvalue weighted by atomic mass is 10.1. The molecule has 3 aromatic rings. The number of H-pyrrole nitrogens is 1. The molecule has 3 N–H and O–H groups in total. The van der Waals surface area contributed by atoms with Crippen molar-refractivity contribution in [1.82, 2.24) is 24.7 Å². The lowest BCUT2D eigenvalue weighted by Crippen LogP contribution is -1.96. The van der Waals surface area contributed by atoms with E-state index in [2.05, 4.69) is 20.1 Å². The third-order valence-corrected chi connectivity index (χ3v) is 3.80. The second-order valence-corrected chi connectivity index (χ2v) is 5.61. The number of aryl methyl sites for hydroxylation is 2. The van der Waals surface area contributed by atoms with E-state index >= 15 is 0 Å². The fourth-order valence-electron chi connectivity index (χ4n) is 2.39. The van der Waals surface area contributed by atoms with Crippen LogP contribution in [-0.4, -0.2) is 31.8 Å². The highest BCUT2D eigenvalue weighted by atomic mass is 16.5. The van der Waals surface area contributed by atoms with Crippen LogP contribution in [0.4, 0.5) is 5.82 Å². The normalized spacial score (nSPS) is 11.8. The number of rotatable bonds is 4.